The molecule has 1 fully saturated rings. The molecule has 1 nitrogen and oxygen atoms in total. The maximum Gasteiger partial charge on any atom is 0.126 e. The van der Waals surface area contributed by atoms with Gasteiger partial charge in [0.15, 0.2) is 0 Å². The molecule has 3 unspecified atom stereocenters. The molecule has 1 heteroatoms. The van der Waals surface area contributed by atoms with Crippen LogP contribution >= 0.6 is 0 Å². The molecule has 140 valence electrons. The van der Waals surface area contributed by atoms with Crippen LogP contribution in [-0.4, -0.2) is 7.11 Å². The van der Waals surface area contributed by atoms with Gasteiger partial charge in [0.05, 0.1) is 7.11 Å². The van der Waals surface area contributed by atoms with E-state index in [0.717, 1.165) is 5.92 Å². The number of allylic oxidation sites excluding steroid dienone is 3. The Balaban J connectivity index is 1.88. The van der Waals surface area contributed by atoms with Crippen LogP contribution in [0.15, 0.2) is 41.0 Å². The molecule has 3 aliphatic rings. The van der Waals surface area contributed by atoms with E-state index >= 15 is 0 Å². The van der Waals surface area contributed by atoms with Gasteiger partial charge in [-0.1, -0.05) is 54.7 Å². The van der Waals surface area contributed by atoms with Crippen molar-refractivity contribution in [3.8, 4) is 0 Å². The number of rotatable bonds is 4. The van der Waals surface area contributed by atoms with Gasteiger partial charge in [0.2, 0.25) is 0 Å². The van der Waals surface area contributed by atoms with Crippen LogP contribution in [0.5, 0.6) is 0 Å². The zero-order valence-corrected chi connectivity index (χ0v) is 16.8. The lowest BCUT2D eigenvalue weighted by molar-refractivity contribution is 0.248. The summed E-state index contributed by atoms with van der Waals surface area (Å²) in [5, 5.41) is 0. The summed E-state index contributed by atoms with van der Waals surface area (Å²) in [5.41, 5.74) is 7.96. The second-order valence-corrected chi connectivity index (χ2v) is 8.60. The van der Waals surface area contributed by atoms with Crippen LogP contribution in [0.4, 0.5) is 0 Å². The average molecular weight is 351 g/mol. The van der Waals surface area contributed by atoms with Crippen LogP contribution in [-0.2, 0) is 4.74 Å². The minimum atomic E-state index is 0.660. The highest BCUT2D eigenvalue weighted by Crippen LogP contribution is 2.56. The first-order chi connectivity index (χ1) is 12.7. The number of hydrogen-bond acceptors (Lipinski definition) is 1. The molecule has 0 aliphatic heterocycles. The van der Waals surface area contributed by atoms with Gasteiger partial charge in [-0.2, -0.15) is 0 Å². The van der Waals surface area contributed by atoms with Crippen LogP contribution in [0.2, 0.25) is 0 Å². The van der Waals surface area contributed by atoms with Crippen LogP contribution in [0.3, 0.4) is 0 Å². The third kappa shape index (κ3) is 3.04. The van der Waals surface area contributed by atoms with Crippen LogP contribution in [0.25, 0.3) is 5.76 Å². The van der Waals surface area contributed by atoms with E-state index in [2.05, 4.69) is 38.1 Å². The number of methoxy groups -OCH3 is 1. The van der Waals surface area contributed by atoms with Gasteiger partial charge in [-0.25, -0.2) is 0 Å². The van der Waals surface area contributed by atoms with E-state index in [1.807, 2.05) is 18.3 Å². The molecule has 26 heavy (non-hydrogen) atoms. The number of aryl methyl sites for hydroxylation is 1. The van der Waals surface area contributed by atoms with E-state index in [1.165, 1.54) is 74.7 Å². The first-order valence-corrected chi connectivity index (χ1v) is 10.8. The molecule has 4 rings (SSSR count). The second-order valence-electron chi connectivity index (χ2n) is 8.60. The van der Waals surface area contributed by atoms with Gasteiger partial charge in [-0.15, -0.1) is 0 Å². The van der Waals surface area contributed by atoms with Gasteiger partial charge in [-0.05, 0) is 75.3 Å². The van der Waals surface area contributed by atoms with Crippen molar-refractivity contribution in [3.05, 3.63) is 52.1 Å². The maximum absolute atomic E-state index is 6.13. The summed E-state index contributed by atoms with van der Waals surface area (Å²) in [6.07, 6.45) is 12.2. The lowest BCUT2D eigenvalue weighted by atomic mass is 9.57. The van der Waals surface area contributed by atoms with Crippen LogP contribution in [0.1, 0.15) is 75.8 Å². The summed E-state index contributed by atoms with van der Waals surface area (Å²) in [5.74, 6) is 3.34. The Labute approximate surface area is 159 Å². The molecular formula is C25H34O. The van der Waals surface area contributed by atoms with E-state index in [4.69, 9.17) is 4.74 Å². The Kier molecular flexibility index (Phi) is 5.25. The predicted octanol–water partition coefficient (Wildman–Crippen LogP) is 7.07. The molecule has 0 heterocycles. The van der Waals surface area contributed by atoms with Crippen molar-refractivity contribution < 1.29 is 4.74 Å². The summed E-state index contributed by atoms with van der Waals surface area (Å²) in [4.78, 5) is 0. The Morgan fingerprint density at radius 2 is 1.88 bits per heavy atom. The Hall–Kier alpha value is -1.50. The first-order valence-electron chi connectivity index (χ1n) is 10.8. The van der Waals surface area contributed by atoms with Crippen molar-refractivity contribution >= 4 is 5.76 Å². The fourth-order valence-corrected chi connectivity index (χ4v) is 6.11. The zero-order chi connectivity index (χ0) is 18.1. The summed E-state index contributed by atoms with van der Waals surface area (Å²) in [6.45, 7) is 4.55. The predicted molar refractivity (Wildman–Crippen MR) is 110 cm³/mol. The molecular weight excluding hydrogens is 316 g/mol. The van der Waals surface area contributed by atoms with E-state index < -0.39 is 0 Å². The Bertz CT molecular complexity index is 723. The fourth-order valence-electron chi connectivity index (χ4n) is 6.11. The van der Waals surface area contributed by atoms with Gasteiger partial charge < -0.3 is 4.74 Å². The highest BCUT2D eigenvalue weighted by atomic mass is 16.5. The largest absolute Gasteiger partial charge is 0.496 e. The van der Waals surface area contributed by atoms with Crippen molar-refractivity contribution in [2.45, 2.75) is 71.6 Å². The molecule has 1 aromatic carbocycles. The number of hydrogen-bond donors (Lipinski definition) is 0. The number of ether oxygens (including phenoxy) is 1. The lowest BCUT2D eigenvalue weighted by Crippen LogP contribution is -2.36. The molecule has 2 bridgehead atoms. The fraction of sp³-hybridized carbons (Fsp3) is 0.600. The van der Waals surface area contributed by atoms with Crippen molar-refractivity contribution in [1.29, 1.82) is 0 Å². The second kappa shape index (κ2) is 7.62. The van der Waals surface area contributed by atoms with Crippen molar-refractivity contribution in [3.63, 3.8) is 0 Å². The molecule has 0 spiro atoms. The van der Waals surface area contributed by atoms with Crippen molar-refractivity contribution in [2.75, 3.05) is 7.11 Å². The van der Waals surface area contributed by atoms with E-state index in [9.17, 15) is 0 Å². The SMILES string of the molecule is CCCC1C2=C(CCCC2)C2CCCC1/C2=C(\OC)c1cccc(C)c1. The van der Waals surface area contributed by atoms with Crippen molar-refractivity contribution in [1.82, 2.24) is 0 Å². The van der Waals surface area contributed by atoms with Crippen LogP contribution in [0, 0.1) is 24.7 Å². The monoisotopic (exact) mass is 350 g/mol. The van der Waals surface area contributed by atoms with E-state index in [0.29, 0.717) is 11.8 Å². The highest BCUT2D eigenvalue weighted by molar-refractivity contribution is 5.67. The van der Waals surface area contributed by atoms with Gasteiger partial charge in [0, 0.05) is 11.5 Å². The standard InChI is InChI=1S/C25H34O/c1-4-9-19-20-12-5-6-13-21(20)23-15-8-14-22(19)24(23)25(26-3)18-11-7-10-17(2)16-18/h7,10-11,16,19,22-23H,4-6,8-9,12-15H2,1-3H3/b25-24+. The molecule has 0 aromatic heterocycles. The number of benzene rings is 1. The molecule has 3 aliphatic carbocycles. The third-order valence-corrected chi connectivity index (χ3v) is 7.04. The Morgan fingerprint density at radius 1 is 1.08 bits per heavy atom. The Morgan fingerprint density at radius 3 is 2.62 bits per heavy atom. The summed E-state index contributed by atoms with van der Waals surface area (Å²) in [7, 11) is 1.89. The third-order valence-electron chi connectivity index (χ3n) is 7.04. The maximum atomic E-state index is 6.13. The normalized spacial score (nSPS) is 30.0. The van der Waals surface area contributed by atoms with Gasteiger partial charge >= 0.3 is 0 Å². The van der Waals surface area contributed by atoms with Crippen molar-refractivity contribution in [2.24, 2.45) is 17.8 Å². The van der Waals surface area contributed by atoms with E-state index in [-0.39, 0.29) is 0 Å². The molecule has 0 radical (unpaired) electrons. The average Bonchev–Trinajstić information content (AvgIpc) is 2.66. The van der Waals surface area contributed by atoms with Crippen LogP contribution < -0.4 is 0 Å². The summed E-state index contributed by atoms with van der Waals surface area (Å²) in [6, 6.07) is 8.91. The lowest BCUT2D eigenvalue weighted by Gasteiger charge is -2.48. The molecule has 3 atom stereocenters. The molecule has 1 aromatic rings. The zero-order valence-electron chi connectivity index (χ0n) is 16.8. The molecule has 0 amide bonds. The smallest absolute Gasteiger partial charge is 0.126 e. The summed E-state index contributed by atoms with van der Waals surface area (Å²) < 4.78 is 6.13. The molecule has 0 N–H and O–H groups in total. The number of fused-ring (bicyclic) bond motifs is 3. The molecule has 1 saturated carbocycles. The first kappa shape index (κ1) is 17.9. The van der Waals surface area contributed by atoms with Gasteiger partial charge in [-0.3, -0.25) is 0 Å². The minimum absolute atomic E-state index is 0.660. The van der Waals surface area contributed by atoms with Gasteiger partial charge in [0.1, 0.15) is 5.76 Å². The highest BCUT2D eigenvalue weighted by Gasteiger charge is 2.44. The summed E-state index contributed by atoms with van der Waals surface area (Å²) >= 11 is 0. The van der Waals surface area contributed by atoms with Gasteiger partial charge in [0.25, 0.3) is 0 Å². The molecule has 0 saturated heterocycles. The quantitative estimate of drug-likeness (QED) is 0.417. The van der Waals surface area contributed by atoms with E-state index in [1.54, 1.807) is 5.57 Å². The topological polar surface area (TPSA) is 9.23 Å². The minimum Gasteiger partial charge on any atom is -0.496 e.